The average molecular weight is 615 g/mol. The Hall–Kier alpha value is 2.93. The Bertz CT molecular complexity index is 432. The van der Waals surface area contributed by atoms with Crippen molar-refractivity contribution < 1.29 is 78.0 Å². The van der Waals surface area contributed by atoms with E-state index in [1.54, 1.807) is 24.3 Å². The molecule has 0 aromatic carbocycles. The van der Waals surface area contributed by atoms with E-state index in [0.29, 0.717) is 23.0 Å². The molecule has 0 saturated heterocycles. The van der Waals surface area contributed by atoms with Gasteiger partial charge in [-0.05, 0) is 0 Å². The van der Waals surface area contributed by atoms with Crippen molar-refractivity contribution in [3.8, 4) is 0 Å². The van der Waals surface area contributed by atoms with Crippen molar-refractivity contribution in [2.24, 2.45) is 0 Å². The van der Waals surface area contributed by atoms with Crippen molar-refractivity contribution >= 4 is 56.0 Å². The molecule has 25 heavy (non-hydrogen) atoms. The molecular formula is C12H20O4P2S4Zn3. The zero-order chi connectivity index (χ0) is 17.8. The second kappa shape index (κ2) is 21.6. The van der Waals surface area contributed by atoms with Gasteiger partial charge in [0.1, 0.15) is 0 Å². The molecule has 0 N–H and O–H groups in total. The molecule has 0 unspecified atom stereocenters. The SMILES string of the molecule is C=CCS(CC=C)=P([O-])([O-])[S-].C=CCS(CC=C)=P([O-])([O-])[S-].[Zn+2].[Zn+2].[Zn+2]. The fraction of sp³-hybridized carbons (Fsp3) is 0.333. The molecule has 0 spiro atoms. The van der Waals surface area contributed by atoms with E-state index in [2.05, 4.69) is 50.8 Å². The van der Waals surface area contributed by atoms with Crippen LogP contribution in [0.15, 0.2) is 50.6 Å². The van der Waals surface area contributed by atoms with E-state index in [-0.39, 0.29) is 58.4 Å². The van der Waals surface area contributed by atoms with E-state index in [4.69, 9.17) is 0 Å². The maximum Gasteiger partial charge on any atom is 2.00 e. The van der Waals surface area contributed by atoms with Gasteiger partial charge in [-0.25, -0.2) is 20.1 Å². The zero-order valence-electron chi connectivity index (χ0n) is 14.2. The van der Waals surface area contributed by atoms with E-state index in [0.717, 1.165) is 0 Å². The van der Waals surface area contributed by atoms with Crippen LogP contribution in [0.1, 0.15) is 0 Å². The molecule has 0 bridgehead atoms. The Morgan fingerprint density at radius 1 is 0.600 bits per heavy atom. The normalized spacial score (nSPS) is 10.2. The maximum atomic E-state index is 10.9. The monoisotopic (exact) mass is 610 g/mol. The third-order valence-corrected chi connectivity index (χ3v) is 15.0. The van der Waals surface area contributed by atoms with E-state index >= 15 is 0 Å². The first-order valence-electron chi connectivity index (χ1n) is 5.88. The van der Waals surface area contributed by atoms with Crippen LogP contribution in [-0.4, -0.2) is 23.0 Å². The molecule has 0 atom stereocenters. The number of hydrogen-bond acceptors (Lipinski definition) is 6. The van der Waals surface area contributed by atoms with Gasteiger partial charge in [0.05, 0.1) is 0 Å². The minimum atomic E-state index is -3.59. The molecule has 0 heterocycles. The maximum absolute atomic E-state index is 10.9. The first-order chi connectivity index (χ1) is 10.0. The molecular weight excluding hydrogens is 595 g/mol. The Morgan fingerprint density at radius 3 is 0.840 bits per heavy atom. The minimum absolute atomic E-state index is 0. The largest absolute Gasteiger partial charge is 2.00 e. The van der Waals surface area contributed by atoms with Gasteiger partial charge in [-0.15, -0.1) is 26.3 Å². The third kappa shape index (κ3) is 23.1. The fourth-order valence-electron chi connectivity index (χ4n) is 1.05. The van der Waals surface area contributed by atoms with Crippen molar-refractivity contribution in [2.45, 2.75) is 0 Å². The molecule has 0 rings (SSSR count). The first kappa shape index (κ1) is 38.5. The first-order valence-corrected chi connectivity index (χ1v) is 15.5. The summed E-state index contributed by atoms with van der Waals surface area (Å²) in [6.07, 6.45) is 6.29. The smallest absolute Gasteiger partial charge is 0.854 e. The fourth-order valence-corrected chi connectivity index (χ4v) is 8.78. The van der Waals surface area contributed by atoms with Crippen LogP contribution in [0.2, 0.25) is 0 Å². The summed E-state index contributed by atoms with van der Waals surface area (Å²) in [5.41, 5.74) is -7.18. The van der Waals surface area contributed by atoms with Crippen LogP contribution < -0.4 is 19.6 Å². The van der Waals surface area contributed by atoms with Crippen molar-refractivity contribution in [1.82, 2.24) is 0 Å². The zero-order valence-corrected chi connectivity index (χ0v) is 28.2. The van der Waals surface area contributed by atoms with Gasteiger partial charge >= 0.3 is 58.4 Å². The summed E-state index contributed by atoms with van der Waals surface area (Å²) in [4.78, 5) is 43.5. The summed E-state index contributed by atoms with van der Waals surface area (Å²) < 4.78 is 0. The topological polar surface area (TPSA) is 92.2 Å². The van der Waals surface area contributed by atoms with E-state index in [1.165, 1.54) is 0 Å². The predicted molar refractivity (Wildman–Crippen MR) is 104 cm³/mol. The second-order valence-electron chi connectivity index (χ2n) is 3.64. The van der Waals surface area contributed by atoms with Gasteiger partial charge in [-0.1, -0.05) is 24.3 Å². The van der Waals surface area contributed by atoms with Gasteiger partial charge in [-0.2, -0.15) is 0 Å². The average Bonchev–Trinajstić information content (AvgIpc) is 2.37. The molecule has 4 nitrogen and oxygen atoms in total. The molecule has 132 valence electrons. The number of hydrogen-bond donors (Lipinski definition) is 0. The Labute approximate surface area is 205 Å². The Kier molecular flexibility index (Phi) is 33.3. The summed E-state index contributed by atoms with van der Waals surface area (Å²) >= 11 is 8.71. The molecule has 0 amide bonds. The Morgan fingerprint density at radius 2 is 0.760 bits per heavy atom. The molecule has 0 aromatic rings. The quantitative estimate of drug-likeness (QED) is 0.163. The predicted octanol–water partition coefficient (Wildman–Crippen LogP) is -0.164. The van der Waals surface area contributed by atoms with Crippen molar-refractivity contribution in [3.63, 3.8) is 0 Å². The standard InChI is InChI=1S/2C6H10O2PS2.3Zn/c2*1-3-5-11(6-4-2)9(7,8)10;;;/h2*3-4H,1-2,5-6H2;;;/q2*-3;3*+2. The van der Waals surface area contributed by atoms with Gasteiger partial charge in [0.15, 0.2) is 0 Å². The molecule has 0 aliphatic rings. The van der Waals surface area contributed by atoms with Gasteiger partial charge in [0.2, 0.25) is 0 Å². The minimum Gasteiger partial charge on any atom is -0.854 e. The summed E-state index contributed by atoms with van der Waals surface area (Å²) in [6, 6.07) is 0. The molecule has 0 aliphatic carbocycles. The van der Waals surface area contributed by atoms with Crippen LogP contribution in [0.5, 0.6) is 0 Å². The van der Waals surface area contributed by atoms with E-state index in [1.807, 2.05) is 0 Å². The van der Waals surface area contributed by atoms with Crippen LogP contribution in [0, 0.1) is 0 Å². The third-order valence-electron chi connectivity index (χ3n) is 1.87. The molecule has 13 heteroatoms. The summed E-state index contributed by atoms with van der Waals surface area (Å²) in [5.74, 6) is 1.76. The molecule has 0 fully saturated rings. The van der Waals surface area contributed by atoms with Gasteiger partial charge in [0, 0.05) is 23.0 Å². The van der Waals surface area contributed by atoms with E-state index < -0.39 is 31.5 Å². The van der Waals surface area contributed by atoms with Gasteiger partial charge in [-0.3, -0.25) is 0 Å². The van der Waals surface area contributed by atoms with Crippen LogP contribution >= 0.6 is 11.4 Å². The molecule has 0 saturated carbocycles. The van der Waals surface area contributed by atoms with Crippen molar-refractivity contribution in [3.05, 3.63) is 50.6 Å². The van der Waals surface area contributed by atoms with Gasteiger partial charge < -0.3 is 55.5 Å². The summed E-state index contributed by atoms with van der Waals surface area (Å²) in [5, 5.41) is 0. The Balaban J connectivity index is -0.0000000952. The molecule has 0 radical (unpaired) electrons. The van der Waals surface area contributed by atoms with Crippen LogP contribution in [0.3, 0.4) is 0 Å². The summed E-state index contributed by atoms with van der Waals surface area (Å²) in [7, 11) is -1.53. The molecule has 0 aromatic heterocycles. The van der Waals surface area contributed by atoms with Crippen molar-refractivity contribution in [1.29, 1.82) is 0 Å². The van der Waals surface area contributed by atoms with Crippen LogP contribution in [-0.2, 0) is 103 Å². The second-order valence-corrected chi connectivity index (χ2v) is 18.9. The van der Waals surface area contributed by atoms with Crippen molar-refractivity contribution in [2.75, 3.05) is 23.0 Å². The summed E-state index contributed by atoms with van der Waals surface area (Å²) in [6.45, 7) is 13.9. The van der Waals surface area contributed by atoms with Gasteiger partial charge in [0.25, 0.3) is 0 Å². The number of rotatable bonds is 8. The molecule has 0 aliphatic heterocycles. The van der Waals surface area contributed by atoms with E-state index in [9.17, 15) is 19.6 Å². The van der Waals surface area contributed by atoms with Crippen LogP contribution in [0.25, 0.3) is 0 Å². The van der Waals surface area contributed by atoms with Crippen LogP contribution in [0.4, 0.5) is 0 Å².